The second-order valence-electron chi connectivity index (χ2n) is 5.74. The maximum atomic E-state index is 13.1. The predicted octanol–water partition coefficient (Wildman–Crippen LogP) is 3.84. The van der Waals surface area contributed by atoms with E-state index < -0.39 is 28.8 Å². The number of nitrogens with zero attached hydrogens (tertiary/aromatic N) is 4. The third-order valence-electron chi connectivity index (χ3n) is 3.78. The molecule has 1 atom stereocenters. The van der Waals surface area contributed by atoms with Gasteiger partial charge < -0.3 is 0 Å². The fraction of sp³-hybridized carbons (Fsp3) is 0.500. The van der Waals surface area contributed by atoms with Gasteiger partial charge in [-0.15, -0.1) is 0 Å². The number of aryl methyl sites for hydroxylation is 1. The summed E-state index contributed by atoms with van der Waals surface area (Å²) in [5, 5.41) is 7.09. The van der Waals surface area contributed by atoms with Crippen LogP contribution in [0.25, 0.3) is 0 Å². The van der Waals surface area contributed by atoms with Gasteiger partial charge in [-0.2, -0.15) is 23.4 Å². The van der Waals surface area contributed by atoms with E-state index in [0.29, 0.717) is 0 Å². The lowest BCUT2D eigenvalue weighted by Gasteiger charge is -2.14. The van der Waals surface area contributed by atoms with Gasteiger partial charge in [0, 0.05) is 12.1 Å². The highest BCUT2D eigenvalue weighted by atomic mass is 35.5. The Hall–Kier alpha value is -1.83. The molecule has 0 aliphatic heterocycles. The lowest BCUT2D eigenvalue weighted by molar-refractivity contribution is -0.141. The number of carbonyl (C=O) groups excluding carboxylic acids is 1. The number of aromatic nitrogens is 4. The van der Waals surface area contributed by atoms with Crippen molar-refractivity contribution in [2.75, 3.05) is 0 Å². The second kappa shape index (κ2) is 5.36. The van der Waals surface area contributed by atoms with Crippen molar-refractivity contribution in [3.05, 3.63) is 34.4 Å². The molecule has 1 aliphatic carbocycles. The Balaban J connectivity index is 2.03. The topological polar surface area (TPSA) is 52.7 Å². The average Bonchev–Trinajstić information content (AvgIpc) is 3.10. The first-order valence-corrected chi connectivity index (χ1v) is 7.48. The van der Waals surface area contributed by atoms with E-state index in [1.54, 1.807) is 6.92 Å². The molecule has 23 heavy (non-hydrogen) atoms. The van der Waals surface area contributed by atoms with Crippen molar-refractivity contribution < 1.29 is 18.0 Å². The minimum Gasteiger partial charge on any atom is -0.270 e. The highest BCUT2D eigenvalue weighted by molar-refractivity contribution is 6.32. The normalized spacial score (nSPS) is 16.6. The Kier molecular flexibility index (Phi) is 3.74. The first-order valence-electron chi connectivity index (χ1n) is 7.10. The van der Waals surface area contributed by atoms with Gasteiger partial charge in [-0.1, -0.05) is 11.6 Å². The van der Waals surface area contributed by atoms with Crippen molar-refractivity contribution in [1.82, 2.24) is 19.6 Å². The van der Waals surface area contributed by atoms with E-state index in [4.69, 9.17) is 11.6 Å². The number of halogens is 4. The van der Waals surface area contributed by atoms with Crippen LogP contribution >= 0.6 is 11.6 Å². The van der Waals surface area contributed by atoms with E-state index in [9.17, 15) is 18.0 Å². The Labute approximate surface area is 135 Å². The molecule has 0 N–H and O–H groups in total. The monoisotopic (exact) mass is 346 g/mol. The zero-order valence-electron chi connectivity index (χ0n) is 12.4. The Bertz CT molecular complexity index is 761. The zero-order chi connectivity index (χ0) is 16.9. The summed E-state index contributed by atoms with van der Waals surface area (Å²) in [6.45, 7) is 3.26. The molecule has 2 heterocycles. The molecule has 0 saturated heterocycles. The van der Waals surface area contributed by atoms with Crippen LogP contribution in [0.1, 0.15) is 53.5 Å². The van der Waals surface area contributed by atoms with E-state index in [-0.39, 0.29) is 11.6 Å². The highest BCUT2D eigenvalue weighted by Crippen LogP contribution is 2.47. The molecule has 0 amide bonds. The van der Waals surface area contributed by atoms with Crippen LogP contribution in [0.3, 0.4) is 0 Å². The predicted molar refractivity (Wildman–Crippen MR) is 76.5 cm³/mol. The quantitative estimate of drug-likeness (QED) is 0.848. The summed E-state index contributed by atoms with van der Waals surface area (Å²) >= 11 is 5.91. The van der Waals surface area contributed by atoms with Crippen LogP contribution in [0.4, 0.5) is 13.2 Å². The van der Waals surface area contributed by atoms with Gasteiger partial charge >= 0.3 is 6.18 Å². The third-order valence-corrected chi connectivity index (χ3v) is 4.15. The molecule has 5 nitrogen and oxygen atoms in total. The number of carbonyl (C=O) groups is 1. The van der Waals surface area contributed by atoms with Gasteiger partial charge in [-0.3, -0.25) is 9.48 Å². The van der Waals surface area contributed by atoms with E-state index in [0.717, 1.165) is 27.8 Å². The van der Waals surface area contributed by atoms with Crippen LogP contribution in [-0.2, 0) is 6.18 Å². The van der Waals surface area contributed by atoms with E-state index in [2.05, 4.69) is 10.2 Å². The Morgan fingerprint density at radius 3 is 2.57 bits per heavy atom. The van der Waals surface area contributed by atoms with Crippen LogP contribution < -0.4 is 0 Å². The van der Waals surface area contributed by atoms with Crippen molar-refractivity contribution in [3.63, 3.8) is 0 Å². The van der Waals surface area contributed by atoms with Crippen molar-refractivity contribution in [1.29, 1.82) is 0 Å². The smallest absolute Gasteiger partial charge is 0.270 e. The minimum absolute atomic E-state index is 0.0827. The lowest BCUT2D eigenvalue weighted by atomic mass is 10.2. The molecule has 0 aromatic carbocycles. The van der Waals surface area contributed by atoms with E-state index >= 15 is 0 Å². The summed E-state index contributed by atoms with van der Waals surface area (Å²) in [6, 6.07) is -0.932. The summed E-state index contributed by atoms with van der Waals surface area (Å²) in [7, 11) is 0. The Morgan fingerprint density at radius 2 is 2.09 bits per heavy atom. The molecule has 3 rings (SSSR count). The van der Waals surface area contributed by atoms with Crippen molar-refractivity contribution in [2.24, 2.45) is 0 Å². The summed E-state index contributed by atoms with van der Waals surface area (Å²) in [5.41, 5.74) is -0.0801. The summed E-state index contributed by atoms with van der Waals surface area (Å²) in [5.74, 6) is -0.548. The molecule has 0 spiro atoms. The maximum absolute atomic E-state index is 13.1. The molecule has 1 saturated carbocycles. The maximum Gasteiger partial charge on any atom is 0.436 e. The van der Waals surface area contributed by atoms with Crippen LogP contribution in [0.15, 0.2) is 12.4 Å². The van der Waals surface area contributed by atoms with Crippen LogP contribution in [0, 0.1) is 6.92 Å². The zero-order valence-corrected chi connectivity index (χ0v) is 13.2. The third kappa shape index (κ3) is 2.87. The van der Waals surface area contributed by atoms with Gasteiger partial charge in [0.1, 0.15) is 6.04 Å². The molecule has 2 aromatic heterocycles. The molecule has 2 aromatic rings. The molecule has 1 aliphatic rings. The number of hydrogen-bond acceptors (Lipinski definition) is 3. The average molecular weight is 347 g/mol. The largest absolute Gasteiger partial charge is 0.436 e. The van der Waals surface area contributed by atoms with Gasteiger partial charge in [0.25, 0.3) is 5.91 Å². The summed E-state index contributed by atoms with van der Waals surface area (Å²) in [6.07, 6.45) is -0.152. The molecule has 124 valence electrons. The first-order chi connectivity index (χ1) is 10.7. The second-order valence-corrected chi connectivity index (χ2v) is 6.12. The van der Waals surface area contributed by atoms with Crippen LogP contribution in [0.5, 0.6) is 0 Å². The number of alkyl halides is 3. The molecule has 0 radical (unpaired) electrons. The van der Waals surface area contributed by atoms with Gasteiger partial charge in [0.15, 0.2) is 5.69 Å². The molecular formula is C14H14ClF3N4O. The molecule has 0 bridgehead atoms. The fourth-order valence-electron chi connectivity index (χ4n) is 2.46. The lowest BCUT2D eigenvalue weighted by Crippen LogP contribution is -2.25. The van der Waals surface area contributed by atoms with E-state index in [1.165, 1.54) is 19.3 Å². The molecule has 9 heteroatoms. The highest BCUT2D eigenvalue weighted by Gasteiger charge is 2.43. The molecule has 1 unspecified atom stereocenters. The SMILES string of the molecule is Cc1cnn(C(=O)C(C)n2nc(C(F)(F)F)c(Cl)c2C2CC2)c1. The Morgan fingerprint density at radius 1 is 1.43 bits per heavy atom. The first kappa shape index (κ1) is 16.0. The number of rotatable bonds is 3. The van der Waals surface area contributed by atoms with Crippen molar-refractivity contribution in [3.8, 4) is 0 Å². The van der Waals surface area contributed by atoms with Gasteiger partial charge in [-0.25, -0.2) is 4.68 Å². The van der Waals surface area contributed by atoms with Crippen molar-refractivity contribution in [2.45, 2.75) is 44.8 Å². The van der Waals surface area contributed by atoms with Gasteiger partial charge in [-0.05, 0) is 32.3 Å². The van der Waals surface area contributed by atoms with Crippen LogP contribution in [0.2, 0.25) is 5.02 Å². The molecule has 1 fully saturated rings. The summed E-state index contributed by atoms with van der Waals surface area (Å²) in [4.78, 5) is 12.4. The van der Waals surface area contributed by atoms with Crippen molar-refractivity contribution >= 4 is 17.5 Å². The van der Waals surface area contributed by atoms with E-state index in [1.807, 2.05) is 0 Å². The van der Waals surface area contributed by atoms with Crippen LogP contribution in [-0.4, -0.2) is 25.5 Å². The molecular weight excluding hydrogens is 333 g/mol. The summed E-state index contributed by atoms with van der Waals surface area (Å²) < 4.78 is 41.4. The standard InChI is InChI=1S/C14H14ClF3N4O/c1-7-5-19-21(6-7)13(23)8(2)22-11(9-3-4-9)10(15)12(20-22)14(16,17)18/h5-6,8-9H,3-4H2,1-2H3. The minimum atomic E-state index is -4.66. The van der Waals surface area contributed by atoms with Gasteiger partial charge in [0.2, 0.25) is 0 Å². The number of hydrogen-bond donors (Lipinski definition) is 0. The van der Waals surface area contributed by atoms with Gasteiger partial charge in [0.05, 0.1) is 16.9 Å². The fourth-order valence-corrected chi connectivity index (χ4v) is 2.84.